The first-order valence-corrected chi connectivity index (χ1v) is 13.1. The van der Waals surface area contributed by atoms with Gasteiger partial charge in [-0.15, -0.1) is 0 Å². The number of Topliss-reactive ketones (excluding diaryl/α,β-unsaturated/α-hetero) is 1. The molecule has 2 saturated carbocycles. The van der Waals surface area contributed by atoms with Crippen LogP contribution in [0.1, 0.15) is 55.2 Å². The van der Waals surface area contributed by atoms with Gasteiger partial charge in [-0.1, -0.05) is 36.4 Å². The van der Waals surface area contributed by atoms with E-state index in [2.05, 4.69) is 35.2 Å². The lowest BCUT2D eigenvalue weighted by Gasteiger charge is -2.64. The number of likely N-dealkylation sites (tertiary alicyclic amines) is 1. The van der Waals surface area contributed by atoms with Crippen molar-refractivity contribution in [3.63, 3.8) is 0 Å². The first-order chi connectivity index (χ1) is 16.6. The lowest BCUT2D eigenvalue weighted by atomic mass is 9.48. The van der Waals surface area contributed by atoms with E-state index >= 15 is 0 Å². The maximum Gasteiger partial charge on any atom is 0.165 e. The average molecular weight is 460 g/mol. The fourth-order valence-electron chi connectivity index (χ4n) is 7.71. The van der Waals surface area contributed by atoms with Gasteiger partial charge in [0.2, 0.25) is 0 Å². The van der Waals surface area contributed by atoms with Gasteiger partial charge in [0.1, 0.15) is 17.5 Å². The predicted octanol–water partition coefficient (Wildman–Crippen LogP) is 4.18. The topological polar surface area (TPSA) is 59.0 Å². The van der Waals surface area contributed by atoms with Crippen LogP contribution in [0.25, 0.3) is 0 Å². The van der Waals surface area contributed by atoms with Crippen LogP contribution in [0.3, 0.4) is 0 Å². The maximum atomic E-state index is 13.2. The van der Waals surface area contributed by atoms with Gasteiger partial charge in [0.05, 0.1) is 5.41 Å². The van der Waals surface area contributed by atoms with Gasteiger partial charge < -0.3 is 14.6 Å². The molecule has 3 fully saturated rings. The van der Waals surface area contributed by atoms with Gasteiger partial charge in [0, 0.05) is 37.6 Å². The molecule has 1 N–H and O–H groups in total. The Morgan fingerprint density at radius 1 is 1.12 bits per heavy atom. The monoisotopic (exact) mass is 459 g/mol. The van der Waals surface area contributed by atoms with Crippen LogP contribution in [-0.4, -0.2) is 53.2 Å². The Hall–Kier alpha value is -2.37. The molecule has 0 radical (unpaired) electrons. The molecule has 2 heterocycles. The van der Waals surface area contributed by atoms with E-state index in [0.29, 0.717) is 25.2 Å². The number of nitrogens with zero attached hydrogens (tertiary/aromatic N) is 1. The molecule has 5 heteroatoms. The Morgan fingerprint density at radius 3 is 2.79 bits per heavy atom. The Labute approximate surface area is 201 Å². The Kier molecular flexibility index (Phi) is 4.66. The Balaban J connectivity index is 1.28. The normalized spacial score (nSPS) is 33.5. The van der Waals surface area contributed by atoms with Crippen molar-refractivity contribution in [3.8, 4) is 11.5 Å². The highest BCUT2D eigenvalue weighted by Gasteiger charge is 2.73. The zero-order valence-corrected chi connectivity index (χ0v) is 19.7. The highest BCUT2D eigenvalue weighted by atomic mass is 16.5. The zero-order valence-electron chi connectivity index (χ0n) is 19.7. The van der Waals surface area contributed by atoms with Crippen molar-refractivity contribution in [3.05, 3.63) is 59.2 Å². The molecule has 2 aromatic carbocycles. The van der Waals surface area contributed by atoms with Crippen LogP contribution in [0.15, 0.2) is 42.5 Å². The highest BCUT2D eigenvalue weighted by Crippen LogP contribution is 2.66. The van der Waals surface area contributed by atoms with Crippen LogP contribution in [0.2, 0.25) is 0 Å². The molecular formula is C29H33NO4. The summed E-state index contributed by atoms with van der Waals surface area (Å²) in [5, 5.41) is 10.7. The van der Waals surface area contributed by atoms with Crippen LogP contribution in [0.5, 0.6) is 11.5 Å². The smallest absolute Gasteiger partial charge is 0.165 e. The quantitative estimate of drug-likeness (QED) is 0.630. The molecular weight excluding hydrogens is 426 g/mol. The number of aromatic hydroxyl groups is 1. The number of benzene rings is 2. The average Bonchev–Trinajstić information content (AvgIpc) is 3.59. The van der Waals surface area contributed by atoms with Crippen molar-refractivity contribution in [2.75, 3.05) is 19.7 Å². The first kappa shape index (κ1) is 21.0. The number of ketones is 1. The minimum absolute atomic E-state index is 0.178. The second-order valence-electron chi connectivity index (χ2n) is 11.2. The number of piperidine rings is 1. The van der Waals surface area contributed by atoms with E-state index in [1.807, 2.05) is 6.07 Å². The molecule has 1 spiro atoms. The lowest BCUT2D eigenvalue weighted by molar-refractivity contribution is -0.213. The molecule has 4 atom stereocenters. The third-order valence-electron chi connectivity index (χ3n) is 9.29. The van der Waals surface area contributed by atoms with E-state index in [1.165, 1.54) is 24.0 Å². The van der Waals surface area contributed by atoms with Crippen LogP contribution < -0.4 is 4.74 Å². The lowest BCUT2D eigenvalue weighted by Crippen LogP contribution is -2.77. The van der Waals surface area contributed by atoms with Crippen LogP contribution in [0.4, 0.5) is 0 Å². The number of carbonyl (C=O) groups is 1. The van der Waals surface area contributed by atoms with E-state index in [4.69, 9.17) is 9.47 Å². The fourth-order valence-corrected chi connectivity index (χ4v) is 7.71. The van der Waals surface area contributed by atoms with Crippen molar-refractivity contribution >= 4 is 5.78 Å². The van der Waals surface area contributed by atoms with E-state index < -0.39 is 5.60 Å². The summed E-state index contributed by atoms with van der Waals surface area (Å²) in [4.78, 5) is 15.9. The largest absolute Gasteiger partial charge is 0.504 e. The van der Waals surface area contributed by atoms with Gasteiger partial charge in [-0.25, -0.2) is 0 Å². The van der Waals surface area contributed by atoms with Gasteiger partial charge >= 0.3 is 0 Å². The van der Waals surface area contributed by atoms with Gasteiger partial charge in [-0.3, -0.25) is 9.69 Å². The minimum Gasteiger partial charge on any atom is -0.504 e. The number of aryl methyl sites for hydroxylation is 1. The molecule has 1 saturated heterocycles. The molecule has 34 heavy (non-hydrogen) atoms. The second kappa shape index (κ2) is 7.56. The first-order valence-electron chi connectivity index (χ1n) is 13.1. The summed E-state index contributed by atoms with van der Waals surface area (Å²) in [6.07, 6.45) is 6.95. The fraction of sp³-hybridized carbons (Fsp3) is 0.552. The molecule has 0 aromatic heterocycles. The van der Waals surface area contributed by atoms with E-state index in [0.717, 1.165) is 50.3 Å². The van der Waals surface area contributed by atoms with Crippen molar-refractivity contribution < 1.29 is 19.4 Å². The standard InChI is InChI=1S/C29H33NO4/c31-22-16-25-28-12-13-30(18-20-8-9-20)24(15-21-10-11-23(32)27(34-25)26(21)28)29(28,17-22)33-14-4-7-19-5-2-1-3-6-19/h1-3,5-6,10-11,20,24-25,32H,4,7-9,12-18H2/t24?,25-,28+,29+/m0/s1. The molecule has 5 aliphatic rings. The van der Waals surface area contributed by atoms with E-state index in [9.17, 15) is 9.90 Å². The summed E-state index contributed by atoms with van der Waals surface area (Å²) in [5.74, 6) is 1.84. The van der Waals surface area contributed by atoms with Gasteiger partial charge in [-0.05, 0) is 68.2 Å². The number of phenolic OH excluding ortho intramolecular Hbond substituents is 1. The van der Waals surface area contributed by atoms with Crippen LogP contribution in [-0.2, 0) is 27.8 Å². The summed E-state index contributed by atoms with van der Waals surface area (Å²) in [7, 11) is 0. The maximum absolute atomic E-state index is 13.2. The zero-order chi connectivity index (χ0) is 22.9. The molecule has 3 aliphatic carbocycles. The minimum atomic E-state index is -0.580. The third-order valence-corrected chi connectivity index (χ3v) is 9.29. The number of rotatable bonds is 7. The molecule has 0 amide bonds. The van der Waals surface area contributed by atoms with Crippen molar-refractivity contribution in [2.24, 2.45) is 5.92 Å². The molecule has 2 aliphatic heterocycles. The Morgan fingerprint density at radius 2 is 1.97 bits per heavy atom. The molecule has 2 bridgehead atoms. The molecule has 7 rings (SSSR count). The summed E-state index contributed by atoms with van der Waals surface area (Å²) < 4.78 is 13.5. The summed E-state index contributed by atoms with van der Waals surface area (Å²) in [5.41, 5.74) is 2.82. The Bertz CT molecular complexity index is 1130. The van der Waals surface area contributed by atoms with Gasteiger partial charge in [0.15, 0.2) is 11.5 Å². The van der Waals surface area contributed by atoms with E-state index in [-0.39, 0.29) is 29.1 Å². The third kappa shape index (κ3) is 2.89. The second-order valence-corrected chi connectivity index (χ2v) is 11.2. The molecule has 178 valence electrons. The number of hydrogen-bond acceptors (Lipinski definition) is 5. The number of carbonyl (C=O) groups excluding carboxylic acids is 1. The van der Waals surface area contributed by atoms with Crippen molar-refractivity contribution in [2.45, 2.75) is 74.5 Å². The van der Waals surface area contributed by atoms with Crippen molar-refractivity contribution in [1.29, 1.82) is 0 Å². The molecule has 1 unspecified atom stereocenters. The van der Waals surface area contributed by atoms with E-state index in [1.54, 1.807) is 6.07 Å². The summed E-state index contributed by atoms with van der Waals surface area (Å²) >= 11 is 0. The summed E-state index contributed by atoms with van der Waals surface area (Å²) in [6, 6.07) is 14.6. The number of ether oxygens (including phenoxy) is 2. The van der Waals surface area contributed by atoms with Crippen LogP contribution >= 0.6 is 0 Å². The van der Waals surface area contributed by atoms with Gasteiger partial charge in [-0.2, -0.15) is 0 Å². The van der Waals surface area contributed by atoms with Crippen molar-refractivity contribution in [1.82, 2.24) is 4.90 Å². The SMILES string of the molecule is O=C1C[C@@H]2Oc3c(O)ccc4c3[C@@]23CCN(CC2CC2)C(C4)[C@]3(OCCCc2ccccc2)C1. The number of phenols is 1. The summed E-state index contributed by atoms with van der Waals surface area (Å²) in [6.45, 7) is 2.75. The molecule has 5 nitrogen and oxygen atoms in total. The predicted molar refractivity (Wildman–Crippen MR) is 128 cm³/mol. The highest BCUT2D eigenvalue weighted by molar-refractivity contribution is 5.84. The van der Waals surface area contributed by atoms with Gasteiger partial charge in [0.25, 0.3) is 0 Å². The molecule has 2 aromatic rings. The number of hydrogen-bond donors (Lipinski definition) is 1. The van der Waals surface area contributed by atoms with Crippen LogP contribution in [0, 0.1) is 5.92 Å².